The van der Waals surface area contributed by atoms with Crippen molar-refractivity contribution in [2.75, 3.05) is 19.7 Å². The van der Waals surface area contributed by atoms with Crippen molar-refractivity contribution in [3.8, 4) is 5.75 Å². The highest BCUT2D eigenvalue weighted by atomic mass is 35.5. The minimum Gasteiger partial charge on any atom is -0.478 e. The van der Waals surface area contributed by atoms with E-state index in [9.17, 15) is 9.18 Å². The van der Waals surface area contributed by atoms with Crippen molar-refractivity contribution in [2.24, 2.45) is 5.92 Å². The van der Waals surface area contributed by atoms with Crippen LogP contribution in [0.1, 0.15) is 32.3 Å². The molecule has 1 fully saturated rings. The molecule has 156 valence electrons. The number of rotatable bonds is 7. The molecule has 6 heteroatoms. The molecule has 2 aromatic rings. The van der Waals surface area contributed by atoms with Crippen LogP contribution in [-0.2, 0) is 16.1 Å². The van der Waals surface area contributed by atoms with E-state index < -0.39 is 5.60 Å². The molecule has 1 aliphatic rings. The fraction of sp³-hybridized carbons (Fsp3) is 0.435. The van der Waals surface area contributed by atoms with Crippen LogP contribution in [0.25, 0.3) is 0 Å². The molecule has 0 unspecified atom stereocenters. The summed E-state index contributed by atoms with van der Waals surface area (Å²) >= 11 is 5.90. The van der Waals surface area contributed by atoms with Crippen molar-refractivity contribution in [3.63, 3.8) is 0 Å². The Kier molecular flexibility index (Phi) is 7.14. The highest BCUT2D eigenvalue weighted by Gasteiger charge is 2.36. The Morgan fingerprint density at radius 2 is 1.72 bits per heavy atom. The van der Waals surface area contributed by atoms with Crippen LogP contribution in [-0.4, -0.2) is 36.1 Å². The van der Waals surface area contributed by atoms with E-state index in [4.69, 9.17) is 21.1 Å². The van der Waals surface area contributed by atoms with Gasteiger partial charge >= 0.3 is 0 Å². The van der Waals surface area contributed by atoms with Crippen molar-refractivity contribution in [2.45, 2.75) is 38.9 Å². The standard InChI is InChI=1S/C23H27ClFNO3/c1-23(2,29-21-9-5-19(24)6-10-21)22(27)26-13-11-18(12-14-26)16-28-15-17-3-7-20(25)8-4-17/h3-10,18H,11-16H2,1-2H3. The molecule has 0 aliphatic carbocycles. The summed E-state index contributed by atoms with van der Waals surface area (Å²) < 4.78 is 24.6. The topological polar surface area (TPSA) is 38.8 Å². The molecule has 1 heterocycles. The molecule has 0 atom stereocenters. The predicted octanol–water partition coefficient (Wildman–Crippen LogP) is 5.09. The molecular formula is C23H27ClFNO3. The van der Waals surface area contributed by atoms with Gasteiger partial charge in [-0.05, 0) is 74.6 Å². The van der Waals surface area contributed by atoms with Crippen LogP contribution in [0.2, 0.25) is 5.02 Å². The van der Waals surface area contributed by atoms with E-state index >= 15 is 0 Å². The molecule has 0 radical (unpaired) electrons. The molecule has 0 saturated carbocycles. The second-order valence-corrected chi connectivity index (χ2v) is 8.38. The largest absolute Gasteiger partial charge is 0.478 e. The van der Waals surface area contributed by atoms with Gasteiger partial charge in [0.15, 0.2) is 5.60 Å². The lowest BCUT2D eigenvalue weighted by molar-refractivity contribution is -0.147. The monoisotopic (exact) mass is 419 g/mol. The molecule has 1 amide bonds. The number of carbonyl (C=O) groups excluding carboxylic acids is 1. The first-order valence-corrected chi connectivity index (χ1v) is 10.3. The highest BCUT2D eigenvalue weighted by molar-refractivity contribution is 6.30. The van der Waals surface area contributed by atoms with Gasteiger partial charge in [-0.3, -0.25) is 4.79 Å². The summed E-state index contributed by atoms with van der Waals surface area (Å²) in [7, 11) is 0. The van der Waals surface area contributed by atoms with E-state index in [0.717, 1.165) is 18.4 Å². The van der Waals surface area contributed by atoms with Crippen LogP contribution >= 0.6 is 11.6 Å². The minimum atomic E-state index is -0.945. The number of amides is 1. The summed E-state index contributed by atoms with van der Waals surface area (Å²) in [5, 5.41) is 0.630. The zero-order valence-corrected chi connectivity index (χ0v) is 17.6. The molecular weight excluding hydrogens is 393 g/mol. The third-order valence-corrected chi connectivity index (χ3v) is 5.39. The zero-order chi connectivity index (χ0) is 20.9. The maximum absolute atomic E-state index is 12.9. The fourth-order valence-corrected chi connectivity index (χ4v) is 3.57. The molecule has 2 aromatic carbocycles. The van der Waals surface area contributed by atoms with Crippen molar-refractivity contribution in [1.29, 1.82) is 0 Å². The molecule has 1 aliphatic heterocycles. The van der Waals surface area contributed by atoms with Gasteiger partial charge in [-0.25, -0.2) is 4.39 Å². The quantitative estimate of drug-likeness (QED) is 0.627. The lowest BCUT2D eigenvalue weighted by Crippen LogP contribution is -2.51. The third kappa shape index (κ3) is 6.18. The average Bonchev–Trinajstić information content (AvgIpc) is 2.71. The van der Waals surface area contributed by atoms with Crippen LogP contribution < -0.4 is 4.74 Å². The first kappa shape index (κ1) is 21.6. The van der Waals surface area contributed by atoms with E-state index in [1.807, 2.05) is 4.90 Å². The van der Waals surface area contributed by atoms with E-state index in [0.29, 0.717) is 43.0 Å². The van der Waals surface area contributed by atoms with Crippen molar-refractivity contribution in [1.82, 2.24) is 4.90 Å². The van der Waals surface area contributed by atoms with E-state index in [1.165, 1.54) is 12.1 Å². The Balaban J connectivity index is 1.43. The Morgan fingerprint density at radius 3 is 2.34 bits per heavy atom. The van der Waals surface area contributed by atoms with E-state index in [2.05, 4.69) is 0 Å². The van der Waals surface area contributed by atoms with Gasteiger partial charge in [-0.1, -0.05) is 23.7 Å². The maximum atomic E-state index is 12.9. The van der Waals surface area contributed by atoms with Crippen LogP contribution in [0.5, 0.6) is 5.75 Å². The van der Waals surface area contributed by atoms with E-state index in [1.54, 1.807) is 50.2 Å². The highest BCUT2D eigenvalue weighted by Crippen LogP contribution is 2.25. The smallest absolute Gasteiger partial charge is 0.266 e. The number of halogens is 2. The van der Waals surface area contributed by atoms with Gasteiger partial charge in [-0.15, -0.1) is 0 Å². The number of nitrogens with zero attached hydrogens (tertiary/aromatic N) is 1. The third-order valence-electron chi connectivity index (χ3n) is 5.14. The van der Waals surface area contributed by atoms with Crippen LogP contribution in [0.4, 0.5) is 4.39 Å². The van der Waals surface area contributed by atoms with Gasteiger partial charge in [0.2, 0.25) is 0 Å². The molecule has 0 bridgehead atoms. The molecule has 1 saturated heterocycles. The number of likely N-dealkylation sites (tertiary alicyclic amines) is 1. The van der Waals surface area contributed by atoms with Crippen LogP contribution in [0.15, 0.2) is 48.5 Å². The van der Waals surface area contributed by atoms with Crippen LogP contribution in [0.3, 0.4) is 0 Å². The van der Waals surface area contributed by atoms with E-state index in [-0.39, 0.29) is 11.7 Å². The number of piperidine rings is 1. The first-order valence-electron chi connectivity index (χ1n) is 9.89. The number of carbonyl (C=O) groups is 1. The Morgan fingerprint density at radius 1 is 1.10 bits per heavy atom. The fourth-order valence-electron chi connectivity index (χ4n) is 3.45. The van der Waals surface area contributed by atoms with Crippen molar-refractivity contribution in [3.05, 3.63) is 64.9 Å². The molecule has 0 spiro atoms. The summed E-state index contributed by atoms with van der Waals surface area (Å²) in [6.45, 7) is 6.09. The Hall–Kier alpha value is -2.11. The van der Waals surface area contributed by atoms with Gasteiger partial charge in [0, 0.05) is 24.7 Å². The lowest BCUT2D eigenvalue weighted by Gasteiger charge is -2.37. The predicted molar refractivity (Wildman–Crippen MR) is 112 cm³/mol. The summed E-state index contributed by atoms with van der Waals surface area (Å²) in [5.74, 6) is 0.781. The summed E-state index contributed by atoms with van der Waals surface area (Å²) in [4.78, 5) is 14.8. The number of hydrogen-bond acceptors (Lipinski definition) is 3. The Bertz CT molecular complexity index is 800. The van der Waals surface area contributed by atoms with Gasteiger partial charge in [0.1, 0.15) is 11.6 Å². The second kappa shape index (κ2) is 9.59. The van der Waals surface area contributed by atoms with Gasteiger partial charge in [0.25, 0.3) is 5.91 Å². The maximum Gasteiger partial charge on any atom is 0.266 e. The molecule has 3 rings (SSSR count). The second-order valence-electron chi connectivity index (χ2n) is 7.94. The summed E-state index contributed by atoms with van der Waals surface area (Å²) in [5.41, 5.74) is 0.0137. The molecule has 4 nitrogen and oxygen atoms in total. The van der Waals surface area contributed by atoms with Gasteiger partial charge in [0.05, 0.1) is 6.61 Å². The number of ether oxygens (including phenoxy) is 2. The molecule has 0 aromatic heterocycles. The average molecular weight is 420 g/mol. The normalized spacial score (nSPS) is 15.4. The zero-order valence-electron chi connectivity index (χ0n) is 16.9. The summed E-state index contributed by atoms with van der Waals surface area (Å²) in [6, 6.07) is 13.4. The number of benzene rings is 2. The Labute approximate surface area is 176 Å². The first-order chi connectivity index (χ1) is 13.8. The van der Waals surface area contributed by atoms with Crippen molar-refractivity contribution < 1.29 is 18.7 Å². The van der Waals surface area contributed by atoms with Gasteiger partial charge < -0.3 is 14.4 Å². The molecule has 0 N–H and O–H groups in total. The minimum absolute atomic E-state index is 0.0156. The van der Waals surface area contributed by atoms with Crippen molar-refractivity contribution >= 4 is 17.5 Å². The SMILES string of the molecule is CC(C)(Oc1ccc(Cl)cc1)C(=O)N1CCC(COCc2ccc(F)cc2)CC1. The van der Waals surface area contributed by atoms with Gasteiger partial charge in [-0.2, -0.15) is 0 Å². The van der Waals surface area contributed by atoms with Crippen LogP contribution in [0, 0.1) is 11.7 Å². The molecule has 29 heavy (non-hydrogen) atoms. The summed E-state index contributed by atoms with van der Waals surface area (Å²) in [6.07, 6.45) is 1.79. The number of hydrogen-bond donors (Lipinski definition) is 0. The lowest BCUT2D eigenvalue weighted by atomic mass is 9.96.